The molecule has 1 unspecified atom stereocenters. The third-order valence-electron chi connectivity index (χ3n) is 3.03. The monoisotopic (exact) mass is 328 g/mol. The number of rotatable bonds is 7. The summed E-state index contributed by atoms with van der Waals surface area (Å²) in [5.41, 5.74) is 1.03. The fourth-order valence-corrected chi connectivity index (χ4v) is 2.49. The van der Waals surface area contributed by atoms with Gasteiger partial charge in [-0.1, -0.05) is 13.8 Å². The fourth-order valence-electron chi connectivity index (χ4n) is 2.11. The second-order valence-corrected chi connectivity index (χ2v) is 5.10. The number of pyridine rings is 1. The molecule has 1 aromatic rings. The van der Waals surface area contributed by atoms with Crippen LogP contribution >= 0.6 is 15.9 Å². The highest BCUT2D eigenvalue weighted by atomic mass is 79.9. The van der Waals surface area contributed by atoms with Crippen LogP contribution in [-0.4, -0.2) is 35.5 Å². The van der Waals surface area contributed by atoms with Crippen molar-refractivity contribution in [2.24, 2.45) is 0 Å². The molecule has 106 valence electrons. The zero-order chi connectivity index (χ0) is 14.3. The van der Waals surface area contributed by atoms with E-state index in [-0.39, 0.29) is 12.0 Å². The number of carbonyl (C=O) groups excluding carboxylic acids is 1. The van der Waals surface area contributed by atoms with Crippen LogP contribution in [-0.2, 0) is 9.53 Å². The summed E-state index contributed by atoms with van der Waals surface area (Å²) in [6.07, 6.45) is 3.91. The Morgan fingerprint density at radius 3 is 2.58 bits per heavy atom. The van der Waals surface area contributed by atoms with Crippen molar-refractivity contribution in [2.75, 3.05) is 19.7 Å². The molecule has 0 aromatic carbocycles. The van der Waals surface area contributed by atoms with Gasteiger partial charge in [-0.15, -0.1) is 0 Å². The van der Waals surface area contributed by atoms with Gasteiger partial charge in [0.25, 0.3) is 0 Å². The van der Waals surface area contributed by atoms with Gasteiger partial charge in [-0.2, -0.15) is 0 Å². The van der Waals surface area contributed by atoms with Gasteiger partial charge in [0.1, 0.15) is 0 Å². The van der Waals surface area contributed by atoms with E-state index in [2.05, 4.69) is 39.7 Å². The third kappa shape index (κ3) is 4.91. The number of hydrogen-bond acceptors (Lipinski definition) is 4. The largest absolute Gasteiger partial charge is 0.466 e. The summed E-state index contributed by atoms with van der Waals surface area (Å²) in [5.74, 6) is -0.167. The van der Waals surface area contributed by atoms with Crippen molar-refractivity contribution in [2.45, 2.75) is 33.2 Å². The number of hydrogen-bond donors (Lipinski definition) is 0. The molecule has 0 spiro atoms. The van der Waals surface area contributed by atoms with E-state index in [1.165, 1.54) is 0 Å². The smallest absolute Gasteiger partial charge is 0.307 e. The molecule has 0 saturated carbocycles. The molecule has 0 saturated heterocycles. The minimum Gasteiger partial charge on any atom is -0.466 e. The average molecular weight is 329 g/mol. The maximum atomic E-state index is 11.8. The summed E-state index contributed by atoms with van der Waals surface area (Å²) in [6, 6.07) is 2.02. The van der Waals surface area contributed by atoms with Crippen molar-refractivity contribution in [3.05, 3.63) is 28.5 Å². The maximum absolute atomic E-state index is 11.8. The van der Waals surface area contributed by atoms with Crippen molar-refractivity contribution < 1.29 is 9.53 Å². The molecule has 19 heavy (non-hydrogen) atoms. The number of aromatic nitrogens is 1. The van der Waals surface area contributed by atoms with Gasteiger partial charge in [0, 0.05) is 22.9 Å². The van der Waals surface area contributed by atoms with Gasteiger partial charge in [0.05, 0.1) is 13.0 Å². The van der Waals surface area contributed by atoms with Gasteiger partial charge in [0.2, 0.25) is 0 Å². The molecule has 0 N–H and O–H groups in total. The lowest BCUT2D eigenvalue weighted by molar-refractivity contribution is -0.144. The van der Waals surface area contributed by atoms with E-state index in [4.69, 9.17) is 4.74 Å². The summed E-state index contributed by atoms with van der Waals surface area (Å²) in [5, 5.41) is 0. The second kappa shape index (κ2) is 8.27. The summed E-state index contributed by atoms with van der Waals surface area (Å²) >= 11 is 3.42. The predicted molar refractivity (Wildman–Crippen MR) is 78.8 cm³/mol. The first kappa shape index (κ1) is 16.1. The minimum atomic E-state index is -0.167. The van der Waals surface area contributed by atoms with Crippen LogP contribution in [0.15, 0.2) is 22.9 Å². The van der Waals surface area contributed by atoms with Crippen molar-refractivity contribution in [3.8, 4) is 0 Å². The average Bonchev–Trinajstić information content (AvgIpc) is 2.39. The van der Waals surface area contributed by atoms with E-state index in [0.29, 0.717) is 13.0 Å². The molecular formula is C14H21BrN2O2. The van der Waals surface area contributed by atoms with Crippen LogP contribution in [0.3, 0.4) is 0 Å². The Bertz CT molecular complexity index is 408. The Kier molecular flexibility index (Phi) is 7.02. The molecule has 0 fully saturated rings. The van der Waals surface area contributed by atoms with Crippen LogP contribution in [0, 0.1) is 0 Å². The first-order chi connectivity index (χ1) is 9.12. The van der Waals surface area contributed by atoms with Gasteiger partial charge < -0.3 is 4.74 Å². The zero-order valence-electron chi connectivity index (χ0n) is 11.7. The van der Waals surface area contributed by atoms with E-state index in [1.807, 2.05) is 19.2 Å². The predicted octanol–water partition coefficient (Wildman–Crippen LogP) is 3.18. The van der Waals surface area contributed by atoms with Crippen molar-refractivity contribution >= 4 is 21.9 Å². The molecule has 4 nitrogen and oxygen atoms in total. The van der Waals surface area contributed by atoms with Crippen LogP contribution in [0.4, 0.5) is 0 Å². The molecule has 1 atom stereocenters. The van der Waals surface area contributed by atoms with E-state index < -0.39 is 0 Å². The number of nitrogens with zero attached hydrogens (tertiary/aromatic N) is 2. The van der Waals surface area contributed by atoms with E-state index >= 15 is 0 Å². The highest BCUT2D eigenvalue weighted by Gasteiger charge is 2.22. The quantitative estimate of drug-likeness (QED) is 0.721. The fraction of sp³-hybridized carbons (Fsp3) is 0.571. The summed E-state index contributed by atoms with van der Waals surface area (Å²) < 4.78 is 5.99. The molecule has 0 amide bonds. The van der Waals surface area contributed by atoms with Crippen LogP contribution in [0.5, 0.6) is 0 Å². The lowest BCUT2D eigenvalue weighted by atomic mass is 10.0. The third-order valence-corrected chi connectivity index (χ3v) is 3.46. The van der Waals surface area contributed by atoms with Crippen LogP contribution in [0.1, 0.15) is 38.8 Å². The highest BCUT2D eigenvalue weighted by molar-refractivity contribution is 9.10. The first-order valence-corrected chi connectivity index (χ1v) is 7.41. The van der Waals surface area contributed by atoms with Crippen molar-refractivity contribution in [1.29, 1.82) is 0 Å². The molecular weight excluding hydrogens is 308 g/mol. The molecule has 0 radical (unpaired) electrons. The lowest BCUT2D eigenvalue weighted by Crippen LogP contribution is -2.30. The maximum Gasteiger partial charge on any atom is 0.307 e. The van der Waals surface area contributed by atoms with Crippen LogP contribution in [0.2, 0.25) is 0 Å². The first-order valence-electron chi connectivity index (χ1n) is 6.62. The van der Waals surface area contributed by atoms with Gasteiger partial charge in [-0.25, -0.2) is 0 Å². The van der Waals surface area contributed by atoms with Gasteiger partial charge in [-0.05, 0) is 47.6 Å². The van der Waals surface area contributed by atoms with Crippen molar-refractivity contribution in [3.63, 3.8) is 0 Å². The Morgan fingerprint density at radius 1 is 1.37 bits per heavy atom. The lowest BCUT2D eigenvalue weighted by Gasteiger charge is -2.29. The van der Waals surface area contributed by atoms with Gasteiger partial charge in [0.15, 0.2) is 0 Å². The molecule has 5 heteroatoms. The van der Waals surface area contributed by atoms with E-state index in [0.717, 1.165) is 23.1 Å². The summed E-state index contributed by atoms with van der Waals surface area (Å²) in [7, 11) is 0. The highest BCUT2D eigenvalue weighted by Crippen LogP contribution is 2.26. The number of halogens is 1. The normalized spacial score (nSPS) is 12.5. The minimum absolute atomic E-state index is 0.0130. The molecule has 0 aliphatic carbocycles. The summed E-state index contributed by atoms with van der Waals surface area (Å²) in [6.45, 7) is 8.19. The molecule has 0 bridgehead atoms. The van der Waals surface area contributed by atoms with E-state index in [1.54, 1.807) is 6.20 Å². The topological polar surface area (TPSA) is 42.4 Å². The molecule has 0 aliphatic heterocycles. The summed E-state index contributed by atoms with van der Waals surface area (Å²) in [4.78, 5) is 18.2. The molecule has 1 aromatic heterocycles. The molecule has 1 heterocycles. The second-order valence-electron chi connectivity index (χ2n) is 4.18. The van der Waals surface area contributed by atoms with Gasteiger partial charge in [-0.3, -0.25) is 14.7 Å². The number of carbonyl (C=O) groups is 1. The Balaban J connectivity index is 2.94. The zero-order valence-corrected chi connectivity index (χ0v) is 13.3. The van der Waals surface area contributed by atoms with Gasteiger partial charge >= 0.3 is 5.97 Å². The molecule has 0 aliphatic rings. The Hall–Kier alpha value is -0.940. The number of ether oxygens (including phenoxy) is 1. The standard InChI is InChI=1S/C14H21BrN2O2/c1-4-17(5-2)13(8-14(18)19-6-3)11-7-12(15)10-16-9-11/h7,9-10,13H,4-6,8H2,1-3H3. The Labute approximate surface area is 123 Å². The van der Waals surface area contributed by atoms with Crippen molar-refractivity contribution in [1.82, 2.24) is 9.88 Å². The Morgan fingerprint density at radius 2 is 2.05 bits per heavy atom. The SMILES string of the molecule is CCOC(=O)CC(c1cncc(Br)c1)N(CC)CC. The van der Waals surface area contributed by atoms with Crippen LogP contribution in [0.25, 0.3) is 0 Å². The van der Waals surface area contributed by atoms with Crippen LogP contribution < -0.4 is 0 Å². The van der Waals surface area contributed by atoms with E-state index in [9.17, 15) is 4.79 Å². The number of esters is 1. The molecule has 1 rings (SSSR count).